The van der Waals surface area contributed by atoms with Crippen molar-refractivity contribution in [2.75, 3.05) is 57.1 Å². The van der Waals surface area contributed by atoms with Crippen molar-refractivity contribution >= 4 is 34.2 Å². The molecule has 0 unspecified atom stereocenters. The molecule has 1 saturated heterocycles. The highest BCUT2D eigenvalue weighted by Gasteiger charge is 2.42. The van der Waals surface area contributed by atoms with Crippen LogP contribution in [0.15, 0.2) is 83.6 Å². The van der Waals surface area contributed by atoms with Gasteiger partial charge in [0.1, 0.15) is 12.4 Å². The molecule has 2 aromatic carbocycles. The number of benzene rings is 2. The van der Waals surface area contributed by atoms with E-state index in [-0.39, 0.29) is 11.9 Å². The van der Waals surface area contributed by atoms with E-state index >= 15 is 0 Å². The monoisotopic (exact) mass is 607 g/mol. The van der Waals surface area contributed by atoms with Crippen molar-refractivity contribution in [2.24, 2.45) is 0 Å². The van der Waals surface area contributed by atoms with Gasteiger partial charge in [-0.3, -0.25) is 4.79 Å². The number of aromatic nitrogens is 6. The molecule has 6 aromatic rings. The van der Waals surface area contributed by atoms with Gasteiger partial charge in [0, 0.05) is 45.2 Å². The van der Waals surface area contributed by atoms with Gasteiger partial charge in [0.15, 0.2) is 22.6 Å². The highest BCUT2D eigenvalue weighted by molar-refractivity contribution is 5.92. The predicted octanol–water partition coefficient (Wildman–Crippen LogP) is 3.45. The van der Waals surface area contributed by atoms with E-state index in [9.17, 15) is 4.79 Å². The summed E-state index contributed by atoms with van der Waals surface area (Å²) in [6.45, 7) is 5.42. The van der Waals surface area contributed by atoms with Crippen LogP contribution in [-0.4, -0.2) is 86.7 Å². The second kappa shape index (κ2) is 11.6. The molecule has 1 atom stereocenters. The molecule has 0 aliphatic carbocycles. The van der Waals surface area contributed by atoms with E-state index in [4.69, 9.17) is 24.7 Å². The molecule has 0 saturated carbocycles. The van der Waals surface area contributed by atoms with E-state index in [1.165, 1.54) is 4.52 Å². The maximum absolute atomic E-state index is 14.5. The SMILES string of the molecule is COCCOc1ccc(N2CCN(C(=O)[C@](C)(c3ccccc3)n3cc4c(nc(N)n5nc(-c6ccco6)nc45)n3)CC2)cc1. The van der Waals surface area contributed by atoms with Gasteiger partial charge in [-0.2, -0.15) is 14.6 Å². The van der Waals surface area contributed by atoms with E-state index in [1.54, 1.807) is 36.4 Å². The van der Waals surface area contributed by atoms with E-state index in [2.05, 4.69) is 20.0 Å². The quantitative estimate of drug-likeness (QED) is 0.243. The fourth-order valence-corrected chi connectivity index (χ4v) is 5.73. The number of amides is 1. The summed E-state index contributed by atoms with van der Waals surface area (Å²) in [6, 6.07) is 21.2. The minimum Gasteiger partial charge on any atom is -0.491 e. The van der Waals surface area contributed by atoms with Crippen molar-refractivity contribution in [3.05, 3.63) is 84.8 Å². The molecule has 1 aliphatic heterocycles. The van der Waals surface area contributed by atoms with Crippen molar-refractivity contribution in [1.29, 1.82) is 0 Å². The molecule has 0 spiro atoms. The number of nitrogens with two attached hydrogens (primary N) is 1. The summed E-state index contributed by atoms with van der Waals surface area (Å²) in [6.07, 6.45) is 3.36. The minimum atomic E-state index is -1.17. The summed E-state index contributed by atoms with van der Waals surface area (Å²) in [5.74, 6) is 1.75. The van der Waals surface area contributed by atoms with E-state index in [0.29, 0.717) is 67.7 Å². The van der Waals surface area contributed by atoms with Crippen LogP contribution in [0.4, 0.5) is 11.6 Å². The van der Waals surface area contributed by atoms with Gasteiger partial charge >= 0.3 is 0 Å². The summed E-state index contributed by atoms with van der Waals surface area (Å²) in [5, 5.41) is 9.91. The number of methoxy groups -OCH3 is 1. The zero-order chi connectivity index (χ0) is 31.0. The van der Waals surface area contributed by atoms with Gasteiger partial charge in [-0.25, -0.2) is 9.67 Å². The number of ether oxygens (including phenoxy) is 2. The van der Waals surface area contributed by atoms with Crippen LogP contribution in [0, 0.1) is 0 Å². The molecule has 1 fully saturated rings. The Kier molecular flexibility index (Phi) is 7.29. The van der Waals surface area contributed by atoms with Crippen LogP contribution < -0.4 is 15.4 Å². The Morgan fingerprint density at radius 2 is 1.73 bits per heavy atom. The molecule has 7 rings (SSSR count). The third kappa shape index (κ3) is 5.10. The molecule has 0 radical (unpaired) electrons. The smallest absolute Gasteiger partial charge is 0.255 e. The minimum absolute atomic E-state index is 0.0650. The first-order chi connectivity index (χ1) is 22.0. The third-order valence-electron chi connectivity index (χ3n) is 8.26. The molecular weight excluding hydrogens is 574 g/mol. The molecule has 5 heterocycles. The first-order valence-electron chi connectivity index (χ1n) is 14.7. The lowest BCUT2D eigenvalue weighted by Crippen LogP contribution is -2.56. The summed E-state index contributed by atoms with van der Waals surface area (Å²) in [7, 11) is 1.65. The first kappa shape index (κ1) is 28.3. The van der Waals surface area contributed by atoms with Crippen LogP contribution in [0.1, 0.15) is 12.5 Å². The molecule has 45 heavy (non-hydrogen) atoms. The number of hydrogen-bond acceptors (Lipinski definition) is 10. The van der Waals surface area contributed by atoms with Gasteiger partial charge in [0.05, 0.1) is 18.3 Å². The van der Waals surface area contributed by atoms with Gasteiger partial charge in [0.25, 0.3) is 5.91 Å². The predicted molar refractivity (Wildman–Crippen MR) is 168 cm³/mol. The van der Waals surface area contributed by atoms with Gasteiger partial charge in [0.2, 0.25) is 11.8 Å². The number of rotatable bonds is 9. The average molecular weight is 608 g/mol. The lowest BCUT2D eigenvalue weighted by Gasteiger charge is -2.40. The fourth-order valence-electron chi connectivity index (χ4n) is 5.73. The topological polar surface area (TPSA) is 142 Å². The molecule has 4 aromatic heterocycles. The standard InChI is InChI=1S/C32H33N9O4/c1-32(22-7-4-3-5-8-22,30(42)39-16-14-38(15-17-39)23-10-12-24(13-11-23)44-20-19-43-2)40-21-25-27(36-40)35-31(33)41-29(25)34-28(37-41)26-9-6-18-45-26/h3-13,18,21H,14-17,19-20H2,1-2H3,(H2,33,35,36)/t32-/m0/s1. The Labute approximate surface area is 258 Å². The van der Waals surface area contributed by atoms with Crippen LogP contribution in [0.25, 0.3) is 28.3 Å². The third-order valence-corrected chi connectivity index (χ3v) is 8.26. The molecule has 2 N–H and O–H groups in total. The number of fused-ring (bicyclic) bond motifs is 3. The van der Waals surface area contributed by atoms with Gasteiger partial charge in [-0.1, -0.05) is 30.3 Å². The van der Waals surface area contributed by atoms with E-state index in [1.807, 2.05) is 66.4 Å². The second-order valence-corrected chi connectivity index (χ2v) is 11.0. The number of nitrogens with zero attached hydrogens (tertiary/aromatic N) is 8. The highest BCUT2D eigenvalue weighted by Crippen LogP contribution is 2.32. The maximum atomic E-state index is 14.5. The fraction of sp³-hybridized carbons (Fsp3) is 0.281. The number of anilines is 2. The Morgan fingerprint density at radius 3 is 2.44 bits per heavy atom. The second-order valence-electron chi connectivity index (χ2n) is 11.0. The van der Waals surface area contributed by atoms with Gasteiger partial charge in [-0.15, -0.1) is 5.10 Å². The van der Waals surface area contributed by atoms with Crippen LogP contribution >= 0.6 is 0 Å². The van der Waals surface area contributed by atoms with Crippen molar-refractivity contribution in [1.82, 2.24) is 34.3 Å². The summed E-state index contributed by atoms with van der Waals surface area (Å²) >= 11 is 0. The lowest BCUT2D eigenvalue weighted by atomic mass is 9.90. The van der Waals surface area contributed by atoms with Crippen molar-refractivity contribution in [2.45, 2.75) is 12.5 Å². The van der Waals surface area contributed by atoms with Crippen LogP contribution in [0.5, 0.6) is 5.75 Å². The Bertz CT molecular complexity index is 1930. The molecular formula is C32H33N9O4. The first-order valence-corrected chi connectivity index (χ1v) is 14.7. The number of carbonyl (C=O) groups excluding carboxylic acids is 1. The summed E-state index contributed by atoms with van der Waals surface area (Å²) < 4.78 is 19.4. The molecule has 13 heteroatoms. The van der Waals surface area contributed by atoms with Crippen LogP contribution in [0.3, 0.4) is 0 Å². The number of hydrogen-bond donors (Lipinski definition) is 1. The van der Waals surface area contributed by atoms with E-state index in [0.717, 1.165) is 17.0 Å². The zero-order valence-corrected chi connectivity index (χ0v) is 25.0. The van der Waals surface area contributed by atoms with Gasteiger partial charge < -0.3 is 29.4 Å². The van der Waals surface area contributed by atoms with Crippen molar-refractivity contribution in [3.63, 3.8) is 0 Å². The van der Waals surface area contributed by atoms with Crippen LogP contribution in [-0.2, 0) is 15.1 Å². The van der Waals surface area contributed by atoms with E-state index < -0.39 is 5.54 Å². The zero-order valence-electron chi connectivity index (χ0n) is 25.0. The highest BCUT2D eigenvalue weighted by atomic mass is 16.5. The molecule has 13 nitrogen and oxygen atoms in total. The average Bonchev–Trinajstić information content (AvgIpc) is 3.85. The molecule has 230 valence electrons. The Hall–Kier alpha value is -5.43. The molecule has 1 aliphatic rings. The maximum Gasteiger partial charge on any atom is 0.255 e. The largest absolute Gasteiger partial charge is 0.491 e. The number of furan rings is 1. The normalized spacial score (nSPS) is 15.1. The van der Waals surface area contributed by atoms with Gasteiger partial charge in [-0.05, 0) is 48.9 Å². The lowest BCUT2D eigenvalue weighted by molar-refractivity contribution is -0.138. The molecule has 0 bridgehead atoms. The number of nitrogen functional groups attached to an aromatic ring is 1. The number of piperazine rings is 1. The number of carbonyl (C=O) groups is 1. The molecule has 1 amide bonds. The van der Waals surface area contributed by atoms with Crippen molar-refractivity contribution < 1.29 is 18.7 Å². The van der Waals surface area contributed by atoms with Crippen molar-refractivity contribution in [3.8, 4) is 17.3 Å². The Balaban J connectivity index is 1.18. The summed E-state index contributed by atoms with van der Waals surface area (Å²) in [4.78, 5) is 27.9. The summed E-state index contributed by atoms with van der Waals surface area (Å²) in [5.41, 5.74) is 7.83. The van der Waals surface area contributed by atoms with Crippen LogP contribution in [0.2, 0.25) is 0 Å². The Morgan fingerprint density at radius 1 is 0.956 bits per heavy atom.